The van der Waals surface area contributed by atoms with E-state index in [-0.39, 0.29) is 31.1 Å². The molecule has 0 bridgehead atoms. The molecule has 0 saturated heterocycles. The zero-order chi connectivity index (χ0) is 17.3. The van der Waals surface area contributed by atoms with Gasteiger partial charge in [-0.15, -0.1) is 13.2 Å². The van der Waals surface area contributed by atoms with Crippen molar-refractivity contribution in [1.29, 1.82) is 0 Å². The Morgan fingerprint density at radius 2 is 2.22 bits per heavy atom. The highest BCUT2D eigenvalue weighted by Gasteiger charge is 2.31. The number of carbonyl (C=O) groups excluding carboxylic acids is 1. The minimum atomic E-state index is -4.74. The number of halogens is 3. The topological polar surface area (TPSA) is 61.6 Å². The number of alkyl halides is 3. The van der Waals surface area contributed by atoms with Gasteiger partial charge >= 0.3 is 6.36 Å². The Morgan fingerprint density at radius 1 is 1.48 bits per heavy atom. The van der Waals surface area contributed by atoms with Gasteiger partial charge in [0.15, 0.2) is 12.0 Å². The monoisotopic (exact) mass is 331 g/mol. The third-order valence-corrected chi connectivity index (χ3v) is 2.48. The fourth-order valence-corrected chi connectivity index (χ4v) is 1.57. The lowest BCUT2D eigenvalue weighted by atomic mass is 10.2. The summed E-state index contributed by atoms with van der Waals surface area (Å²) in [4.78, 5) is 10.5. The Kier molecular flexibility index (Phi) is 7.27. The van der Waals surface area contributed by atoms with Crippen LogP contribution in [0, 0.1) is 0 Å². The number of nitrogens with zero attached hydrogens (tertiary/aromatic N) is 1. The number of ether oxygens (including phenoxy) is 2. The number of allylic oxidation sites excluding steroid dienone is 3. The molecule has 23 heavy (non-hydrogen) atoms. The van der Waals surface area contributed by atoms with Crippen LogP contribution in [0.4, 0.5) is 13.2 Å². The zero-order valence-corrected chi connectivity index (χ0v) is 12.4. The summed E-state index contributed by atoms with van der Waals surface area (Å²) in [5.74, 6) is 0.0911. The predicted molar refractivity (Wildman–Crippen MR) is 75.3 cm³/mol. The lowest BCUT2D eigenvalue weighted by molar-refractivity contribution is -0.306. The summed E-state index contributed by atoms with van der Waals surface area (Å²) >= 11 is 0. The number of hydrogen-bond acceptors (Lipinski definition) is 5. The highest BCUT2D eigenvalue weighted by molar-refractivity contribution is 5.71. The van der Waals surface area contributed by atoms with Crippen molar-refractivity contribution >= 4 is 6.29 Å². The van der Waals surface area contributed by atoms with Crippen LogP contribution in [0.25, 0.3) is 0 Å². The van der Waals surface area contributed by atoms with Gasteiger partial charge in [0.05, 0.1) is 6.61 Å². The fraction of sp³-hybridized carbons (Fsp3) is 0.333. The summed E-state index contributed by atoms with van der Waals surface area (Å²) in [6, 6.07) is 1.41. The molecule has 0 radical (unpaired) electrons. The molecule has 0 aliphatic heterocycles. The van der Waals surface area contributed by atoms with Crippen molar-refractivity contribution in [1.82, 2.24) is 5.16 Å². The van der Waals surface area contributed by atoms with Gasteiger partial charge in [-0.05, 0) is 11.6 Å². The first-order valence-corrected chi connectivity index (χ1v) is 6.64. The fourth-order valence-electron chi connectivity index (χ4n) is 1.57. The third kappa shape index (κ3) is 7.46. The van der Waals surface area contributed by atoms with E-state index in [0.29, 0.717) is 17.6 Å². The van der Waals surface area contributed by atoms with E-state index in [9.17, 15) is 18.0 Å². The minimum Gasteiger partial charge on any atom is -0.410 e. The predicted octanol–water partition coefficient (Wildman–Crippen LogP) is 3.95. The molecule has 0 unspecified atom stereocenters. The van der Waals surface area contributed by atoms with Crippen LogP contribution >= 0.6 is 0 Å². The molecule has 0 atom stereocenters. The molecule has 0 spiro atoms. The smallest absolute Gasteiger partial charge is 0.410 e. The number of aldehydes is 1. The van der Waals surface area contributed by atoms with Crippen molar-refractivity contribution in [2.24, 2.45) is 0 Å². The molecule has 0 N–H and O–H groups in total. The van der Waals surface area contributed by atoms with Gasteiger partial charge in [0.2, 0.25) is 0 Å². The third-order valence-electron chi connectivity index (χ3n) is 2.48. The molecule has 0 aliphatic carbocycles. The Balaban J connectivity index is 2.65. The van der Waals surface area contributed by atoms with Gasteiger partial charge in [0.25, 0.3) is 0 Å². The van der Waals surface area contributed by atoms with Crippen molar-refractivity contribution in [3.05, 3.63) is 53.7 Å². The Bertz CT molecular complexity index is 588. The van der Waals surface area contributed by atoms with Crippen molar-refractivity contribution in [2.75, 3.05) is 6.61 Å². The maximum Gasteiger partial charge on any atom is 0.572 e. The van der Waals surface area contributed by atoms with E-state index in [1.54, 1.807) is 6.92 Å². The van der Waals surface area contributed by atoms with Crippen LogP contribution in [0.15, 0.2) is 46.7 Å². The van der Waals surface area contributed by atoms with Crippen LogP contribution in [0.1, 0.15) is 29.6 Å². The van der Waals surface area contributed by atoms with Gasteiger partial charge in [-0.3, -0.25) is 4.79 Å². The van der Waals surface area contributed by atoms with E-state index < -0.39 is 6.36 Å². The van der Waals surface area contributed by atoms with Gasteiger partial charge in [0.1, 0.15) is 18.1 Å². The zero-order valence-electron chi connectivity index (χ0n) is 12.4. The van der Waals surface area contributed by atoms with Gasteiger partial charge < -0.3 is 14.0 Å². The number of aromatic nitrogens is 1. The first-order valence-electron chi connectivity index (χ1n) is 6.64. The molecule has 1 rings (SSSR count). The molecule has 0 amide bonds. The van der Waals surface area contributed by atoms with Gasteiger partial charge in [-0.1, -0.05) is 30.8 Å². The first kappa shape index (κ1) is 18.7. The molecule has 1 aromatic rings. The molecule has 0 aromatic carbocycles. The molecule has 1 heterocycles. The molecule has 5 nitrogen and oxygen atoms in total. The van der Waals surface area contributed by atoms with Gasteiger partial charge in [-0.2, -0.15) is 0 Å². The van der Waals surface area contributed by atoms with Crippen LogP contribution in [0.3, 0.4) is 0 Å². The van der Waals surface area contributed by atoms with Crippen LogP contribution in [0.5, 0.6) is 0 Å². The van der Waals surface area contributed by atoms with Crippen molar-refractivity contribution in [3.63, 3.8) is 0 Å². The molecule has 0 aliphatic rings. The second-order valence-corrected chi connectivity index (χ2v) is 4.32. The average molecular weight is 331 g/mol. The summed E-state index contributed by atoms with van der Waals surface area (Å²) in [7, 11) is 0. The minimum absolute atomic E-state index is 0.00780. The van der Waals surface area contributed by atoms with E-state index in [1.165, 1.54) is 24.3 Å². The van der Waals surface area contributed by atoms with Crippen LogP contribution in [-0.4, -0.2) is 24.4 Å². The van der Waals surface area contributed by atoms with E-state index in [0.717, 1.165) is 0 Å². The normalized spacial score (nSPS) is 13.0. The maximum absolute atomic E-state index is 12.3. The molecule has 126 valence electrons. The second-order valence-electron chi connectivity index (χ2n) is 4.32. The first-order chi connectivity index (χ1) is 10.9. The Hall–Kier alpha value is -2.35. The molecule has 8 heteroatoms. The highest BCUT2D eigenvalue weighted by atomic mass is 19.4. The standard InChI is InChI=1S/C15H16F3NO4/c1-3-5-11(6-13(4-2)22-15(16,17)18)9-21-10-14-7-12(8-20)19-23-14/h3,5-8H,1,4,9-10H2,2H3/b11-5+,13-6+. The highest BCUT2D eigenvalue weighted by Crippen LogP contribution is 2.23. The van der Waals surface area contributed by atoms with Gasteiger partial charge in [-0.25, -0.2) is 0 Å². The average Bonchev–Trinajstić information content (AvgIpc) is 2.93. The SMILES string of the molecule is C=C/C=C(\C=C(/CC)OC(F)(F)F)COCc1cc(C=O)no1. The summed E-state index contributed by atoms with van der Waals surface area (Å²) in [5, 5.41) is 3.46. The van der Waals surface area contributed by atoms with Gasteiger partial charge in [0, 0.05) is 12.5 Å². The second kappa shape index (κ2) is 8.94. The summed E-state index contributed by atoms with van der Waals surface area (Å²) in [6.45, 7) is 5.06. The Morgan fingerprint density at radius 3 is 2.74 bits per heavy atom. The van der Waals surface area contributed by atoms with Crippen LogP contribution < -0.4 is 0 Å². The van der Waals surface area contributed by atoms with Crippen LogP contribution in [0.2, 0.25) is 0 Å². The quantitative estimate of drug-likeness (QED) is 0.389. The molecule has 1 aromatic heterocycles. The van der Waals surface area contributed by atoms with Crippen LogP contribution in [-0.2, 0) is 16.1 Å². The summed E-state index contributed by atoms with van der Waals surface area (Å²) in [6.07, 6.45) is 0.0284. The number of hydrogen-bond donors (Lipinski definition) is 0. The van der Waals surface area contributed by atoms with E-state index >= 15 is 0 Å². The summed E-state index contributed by atoms with van der Waals surface area (Å²) in [5.41, 5.74) is 0.577. The maximum atomic E-state index is 12.3. The molecular weight excluding hydrogens is 315 g/mol. The Labute approximate surface area is 131 Å². The van der Waals surface area contributed by atoms with E-state index in [2.05, 4.69) is 16.5 Å². The van der Waals surface area contributed by atoms with Crippen molar-refractivity contribution < 1.29 is 32.0 Å². The summed E-state index contributed by atoms with van der Waals surface area (Å²) < 4.78 is 50.8. The molecule has 0 saturated carbocycles. The largest absolute Gasteiger partial charge is 0.572 e. The number of rotatable bonds is 9. The lowest BCUT2D eigenvalue weighted by Crippen LogP contribution is -2.13. The number of carbonyl (C=O) groups is 1. The lowest BCUT2D eigenvalue weighted by Gasteiger charge is -2.12. The van der Waals surface area contributed by atoms with Crippen molar-refractivity contribution in [2.45, 2.75) is 26.3 Å². The molecule has 0 fully saturated rings. The molecular formula is C15H16F3NO4. The van der Waals surface area contributed by atoms with E-state index in [1.807, 2.05) is 0 Å². The van der Waals surface area contributed by atoms with Crippen molar-refractivity contribution in [3.8, 4) is 0 Å². The van der Waals surface area contributed by atoms with E-state index in [4.69, 9.17) is 9.26 Å².